The molecule has 2 aromatic rings. The molecule has 176 valence electrons. The number of amides is 1. The summed E-state index contributed by atoms with van der Waals surface area (Å²) in [6.45, 7) is 2.60. The maximum absolute atomic E-state index is 13.2. The molecule has 1 amide bonds. The van der Waals surface area contributed by atoms with Gasteiger partial charge in [-0.3, -0.25) is 4.79 Å². The lowest BCUT2D eigenvalue weighted by molar-refractivity contribution is -0.142. The van der Waals surface area contributed by atoms with Crippen LogP contribution >= 0.6 is 0 Å². The highest BCUT2D eigenvalue weighted by Gasteiger charge is 2.31. The van der Waals surface area contributed by atoms with Crippen molar-refractivity contribution in [3.8, 4) is 0 Å². The van der Waals surface area contributed by atoms with Crippen molar-refractivity contribution in [2.24, 2.45) is 0 Å². The zero-order chi connectivity index (χ0) is 23.3. The van der Waals surface area contributed by atoms with Gasteiger partial charge in [-0.15, -0.1) is 0 Å². The van der Waals surface area contributed by atoms with Crippen LogP contribution in [0.4, 0.5) is 0 Å². The highest BCUT2D eigenvalue weighted by Crippen LogP contribution is 2.25. The molecule has 2 saturated heterocycles. The zero-order valence-electron chi connectivity index (χ0n) is 18.4. The molecule has 0 aromatic heterocycles. The summed E-state index contributed by atoms with van der Waals surface area (Å²) in [4.78, 5) is 27.9. The molecule has 8 nitrogen and oxygen atoms in total. The van der Waals surface area contributed by atoms with E-state index in [-0.39, 0.29) is 16.4 Å². The van der Waals surface area contributed by atoms with E-state index in [2.05, 4.69) is 0 Å². The van der Waals surface area contributed by atoms with Crippen molar-refractivity contribution in [2.75, 3.05) is 39.4 Å². The Morgan fingerprint density at radius 2 is 1.48 bits per heavy atom. The second kappa shape index (κ2) is 10.5. The maximum atomic E-state index is 13.2. The predicted octanol–water partition coefficient (Wildman–Crippen LogP) is 2.62. The summed E-state index contributed by atoms with van der Waals surface area (Å²) >= 11 is 0. The Balaban J connectivity index is 1.51. The molecular formula is C24H28N2O6S. The first-order chi connectivity index (χ1) is 16.0. The topological polar surface area (TPSA) is 93.2 Å². The summed E-state index contributed by atoms with van der Waals surface area (Å²) in [6.07, 6.45) is 1.90. The van der Waals surface area contributed by atoms with Crippen LogP contribution in [0.1, 0.15) is 41.3 Å². The van der Waals surface area contributed by atoms with Gasteiger partial charge in [0.15, 0.2) is 0 Å². The van der Waals surface area contributed by atoms with Crippen LogP contribution in [0.3, 0.4) is 0 Å². The highest BCUT2D eigenvalue weighted by molar-refractivity contribution is 7.89. The summed E-state index contributed by atoms with van der Waals surface area (Å²) < 4.78 is 37.9. The van der Waals surface area contributed by atoms with Crippen LogP contribution < -0.4 is 0 Å². The van der Waals surface area contributed by atoms with Crippen LogP contribution in [-0.4, -0.2) is 68.9 Å². The number of esters is 1. The molecule has 33 heavy (non-hydrogen) atoms. The van der Waals surface area contributed by atoms with Crippen LogP contribution in [0.5, 0.6) is 0 Å². The molecule has 1 unspecified atom stereocenters. The number of carbonyl (C=O) groups is 2. The van der Waals surface area contributed by atoms with E-state index in [4.69, 9.17) is 9.47 Å². The van der Waals surface area contributed by atoms with Crippen LogP contribution in [-0.2, 0) is 24.3 Å². The number of morpholine rings is 1. The summed E-state index contributed by atoms with van der Waals surface area (Å²) in [7, 11) is -3.66. The number of piperidine rings is 1. The lowest BCUT2D eigenvalue weighted by Crippen LogP contribution is -2.40. The van der Waals surface area contributed by atoms with Gasteiger partial charge in [-0.25, -0.2) is 13.2 Å². The Labute approximate surface area is 194 Å². The Hall–Kier alpha value is -2.75. The molecule has 1 atom stereocenters. The number of hydrogen-bond donors (Lipinski definition) is 0. The second-order valence-corrected chi connectivity index (χ2v) is 10.1. The van der Waals surface area contributed by atoms with E-state index in [1.807, 2.05) is 6.07 Å². The van der Waals surface area contributed by atoms with Gasteiger partial charge >= 0.3 is 5.97 Å². The molecule has 2 aromatic carbocycles. The van der Waals surface area contributed by atoms with E-state index < -0.39 is 22.1 Å². The number of sulfonamides is 1. The van der Waals surface area contributed by atoms with Gasteiger partial charge in [0.25, 0.3) is 5.91 Å². The van der Waals surface area contributed by atoms with E-state index in [9.17, 15) is 18.0 Å². The van der Waals surface area contributed by atoms with Gasteiger partial charge < -0.3 is 14.4 Å². The molecule has 2 aliphatic heterocycles. The average Bonchev–Trinajstić information content (AvgIpc) is 2.88. The molecule has 0 aliphatic carbocycles. The fourth-order valence-electron chi connectivity index (χ4n) is 4.04. The molecule has 2 aliphatic rings. The molecule has 0 radical (unpaired) electrons. The van der Waals surface area contributed by atoms with Gasteiger partial charge in [-0.2, -0.15) is 4.31 Å². The molecule has 0 bridgehead atoms. The van der Waals surface area contributed by atoms with Crippen molar-refractivity contribution >= 4 is 21.9 Å². The van der Waals surface area contributed by atoms with Crippen molar-refractivity contribution in [2.45, 2.75) is 30.3 Å². The van der Waals surface area contributed by atoms with E-state index in [0.717, 1.165) is 19.3 Å². The Kier molecular flexibility index (Phi) is 7.42. The normalized spacial score (nSPS) is 18.5. The van der Waals surface area contributed by atoms with Gasteiger partial charge in [-0.1, -0.05) is 30.3 Å². The van der Waals surface area contributed by atoms with Crippen LogP contribution in [0.2, 0.25) is 0 Å². The summed E-state index contributed by atoms with van der Waals surface area (Å²) in [5.74, 6) is -0.912. The third-order valence-electron chi connectivity index (χ3n) is 5.92. The molecule has 9 heteroatoms. The monoisotopic (exact) mass is 472 g/mol. The molecule has 2 fully saturated rings. The molecule has 4 rings (SSSR count). The molecule has 0 saturated carbocycles. The van der Waals surface area contributed by atoms with E-state index in [1.54, 1.807) is 29.2 Å². The highest BCUT2D eigenvalue weighted by atomic mass is 32.2. The summed E-state index contributed by atoms with van der Waals surface area (Å²) in [5.41, 5.74) is 0.788. The minimum atomic E-state index is -3.66. The fourth-order valence-corrected chi connectivity index (χ4v) is 5.45. The maximum Gasteiger partial charge on any atom is 0.339 e. The van der Waals surface area contributed by atoms with Gasteiger partial charge in [0.2, 0.25) is 16.1 Å². The number of ether oxygens (including phenoxy) is 2. The third kappa shape index (κ3) is 5.43. The number of hydrogen-bond acceptors (Lipinski definition) is 6. The van der Waals surface area contributed by atoms with Crippen molar-refractivity contribution in [1.82, 2.24) is 9.21 Å². The van der Waals surface area contributed by atoms with Crippen molar-refractivity contribution in [3.63, 3.8) is 0 Å². The molecular weight excluding hydrogens is 444 g/mol. The smallest absolute Gasteiger partial charge is 0.339 e. The first-order valence-corrected chi connectivity index (χ1v) is 12.6. The van der Waals surface area contributed by atoms with Crippen LogP contribution in [0.15, 0.2) is 59.5 Å². The van der Waals surface area contributed by atoms with Gasteiger partial charge in [0, 0.05) is 31.7 Å². The Morgan fingerprint density at radius 3 is 2.12 bits per heavy atom. The van der Waals surface area contributed by atoms with Crippen molar-refractivity contribution in [1.29, 1.82) is 0 Å². The van der Waals surface area contributed by atoms with Gasteiger partial charge in [-0.05, 0) is 43.5 Å². The van der Waals surface area contributed by atoms with Gasteiger partial charge in [0.1, 0.15) is 0 Å². The number of likely N-dealkylation sites (tertiary alicyclic amines) is 1. The summed E-state index contributed by atoms with van der Waals surface area (Å²) in [6, 6.07) is 14.6. The average molecular weight is 473 g/mol. The lowest BCUT2D eigenvalue weighted by Gasteiger charge is -2.30. The van der Waals surface area contributed by atoms with Crippen LogP contribution in [0.25, 0.3) is 0 Å². The first kappa shape index (κ1) is 23.4. The Morgan fingerprint density at radius 1 is 0.848 bits per heavy atom. The van der Waals surface area contributed by atoms with Crippen molar-refractivity contribution in [3.05, 3.63) is 65.7 Å². The lowest BCUT2D eigenvalue weighted by atomic mass is 10.1. The minimum absolute atomic E-state index is 0.102. The van der Waals surface area contributed by atoms with Crippen molar-refractivity contribution < 1.29 is 27.5 Å². The quantitative estimate of drug-likeness (QED) is 0.600. The van der Waals surface area contributed by atoms with E-state index in [1.165, 1.54) is 28.6 Å². The Bertz CT molecular complexity index is 1060. The number of rotatable bonds is 6. The molecule has 0 N–H and O–H groups in total. The first-order valence-electron chi connectivity index (χ1n) is 11.2. The van der Waals surface area contributed by atoms with E-state index >= 15 is 0 Å². The number of carbonyl (C=O) groups excluding carboxylic acids is 2. The minimum Gasteiger partial charge on any atom is -0.444 e. The molecule has 0 spiro atoms. The fraction of sp³-hybridized carbons (Fsp3) is 0.417. The van der Waals surface area contributed by atoms with E-state index in [0.29, 0.717) is 45.0 Å². The predicted molar refractivity (Wildman–Crippen MR) is 121 cm³/mol. The zero-order valence-corrected chi connectivity index (χ0v) is 19.2. The van der Waals surface area contributed by atoms with Gasteiger partial charge in [0.05, 0.1) is 23.7 Å². The third-order valence-corrected chi connectivity index (χ3v) is 7.83. The molecule has 2 heterocycles. The van der Waals surface area contributed by atoms with Crippen LogP contribution in [0, 0.1) is 0 Å². The second-order valence-electron chi connectivity index (χ2n) is 8.12. The number of benzene rings is 2. The SMILES string of the molecule is O=C(OC(C(=O)N1CCCCC1)c1ccccc1)c1ccc(S(=O)(=O)N2CCOCC2)cc1. The number of nitrogens with zero attached hydrogens (tertiary/aromatic N) is 2. The summed E-state index contributed by atoms with van der Waals surface area (Å²) in [5, 5.41) is 0. The largest absolute Gasteiger partial charge is 0.444 e. The standard InChI is InChI=1S/C24H28N2O6S/c27-23(25-13-5-2-6-14-25)22(19-7-3-1-4-8-19)32-24(28)20-9-11-21(12-10-20)33(29,30)26-15-17-31-18-16-26/h1,3-4,7-12,22H,2,5-6,13-18H2.